The minimum Gasteiger partial charge on any atom is -0.338 e. The average Bonchev–Trinajstić information content (AvgIpc) is 3.40. The van der Waals surface area contributed by atoms with Crippen LogP contribution in [0.25, 0.3) is 0 Å². The largest absolute Gasteiger partial charge is 0.338 e. The Bertz CT molecular complexity index is 772. The van der Waals surface area contributed by atoms with E-state index in [1.54, 1.807) is 18.3 Å². The van der Waals surface area contributed by atoms with E-state index in [0.29, 0.717) is 13.1 Å². The van der Waals surface area contributed by atoms with Crippen molar-refractivity contribution in [2.75, 3.05) is 19.6 Å². The molecule has 5 heteroatoms. The molecule has 0 bridgehead atoms. The number of carbonyl (C=O) groups excluding carboxylic acids is 1. The van der Waals surface area contributed by atoms with E-state index in [-0.39, 0.29) is 23.1 Å². The highest BCUT2D eigenvalue weighted by Gasteiger charge is 2.58. The Morgan fingerprint density at radius 2 is 1.96 bits per heavy atom. The first-order valence-electron chi connectivity index (χ1n) is 9.79. The number of piperidine rings is 1. The van der Waals surface area contributed by atoms with Gasteiger partial charge in [0.15, 0.2) is 0 Å². The summed E-state index contributed by atoms with van der Waals surface area (Å²) >= 11 is 0. The quantitative estimate of drug-likeness (QED) is 0.853. The van der Waals surface area contributed by atoms with Crippen molar-refractivity contribution >= 4 is 5.91 Å². The van der Waals surface area contributed by atoms with Gasteiger partial charge in [0.2, 0.25) is 5.91 Å². The van der Waals surface area contributed by atoms with Gasteiger partial charge in [-0.25, -0.2) is 4.39 Å². The van der Waals surface area contributed by atoms with E-state index in [4.69, 9.17) is 0 Å². The number of nitrogens with one attached hydrogen (secondary N) is 1. The second kappa shape index (κ2) is 7.77. The molecule has 1 aromatic heterocycles. The van der Waals surface area contributed by atoms with Crippen molar-refractivity contribution in [1.29, 1.82) is 0 Å². The van der Waals surface area contributed by atoms with Gasteiger partial charge in [-0.3, -0.25) is 9.78 Å². The standard InChI is InChI=1S/C22H26FN3O/c23-19-5-3-17(4-6-19)7-13-26(16-18-2-1-10-25-15-18)21(27)20-14-22(20)8-11-24-12-9-22/h1-6,10,15,20,24H,7-9,11-14,16H2. The summed E-state index contributed by atoms with van der Waals surface area (Å²) < 4.78 is 13.1. The van der Waals surface area contributed by atoms with Crippen LogP contribution in [0.4, 0.5) is 4.39 Å². The first-order valence-corrected chi connectivity index (χ1v) is 9.79. The monoisotopic (exact) mass is 367 g/mol. The summed E-state index contributed by atoms with van der Waals surface area (Å²) in [7, 11) is 0. The van der Waals surface area contributed by atoms with Crippen LogP contribution in [0.5, 0.6) is 0 Å². The second-order valence-corrected chi connectivity index (χ2v) is 7.87. The molecule has 1 aliphatic heterocycles. The van der Waals surface area contributed by atoms with Crippen molar-refractivity contribution in [3.05, 3.63) is 65.7 Å². The third-order valence-electron chi connectivity index (χ3n) is 6.08. The summed E-state index contributed by atoms with van der Waals surface area (Å²) in [5.41, 5.74) is 2.32. The van der Waals surface area contributed by atoms with Gasteiger partial charge in [0.05, 0.1) is 0 Å². The predicted octanol–water partition coefficient (Wildman–Crippen LogP) is 3.18. The Morgan fingerprint density at radius 3 is 2.67 bits per heavy atom. The summed E-state index contributed by atoms with van der Waals surface area (Å²) in [4.78, 5) is 19.4. The second-order valence-electron chi connectivity index (χ2n) is 7.87. The number of pyridine rings is 1. The lowest BCUT2D eigenvalue weighted by atomic mass is 9.91. The minimum absolute atomic E-state index is 0.157. The summed E-state index contributed by atoms with van der Waals surface area (Å²) in [6.45, 7) is 3.26. The van der Waals surface area contributed by atoms with Crippen LogP contribution in [-0.2, 0) is 17.8 Å². The van der Waals surface area contributed by atoms with E-state index in [1.807, 2.05) is 23.2 Å². The predicted molar refractivity (Wildman–Crippen MR) is 102 cm³/mol. The van der Waals surface area contributed by atoms with E-state index in [0.717, 1.165) is 49.9 Å². The molecule has 4 nitrogen and oxygen atoms in total. The van der Waals surface area contributed by atoms with Crippen molar-refractivity contribution in [1.82, 2.24) is 15.2 Å². The maximum Gasteiger partial charge on any atom is 0.226 e. The third-order valence-corrected chi connectivity index (χ3v) is 6.08. The Balaban J connectivity index is 1.45. The highest BCUT2D eigenvalue weighted by molar-refractivity contribution is 5.82. The van der Waals surface area contributed by atoms with E-state index >= 15 is 0 Å². The van der Waals surface area contributed by atoms with Crippen molar-refractivity contribution < 1.29 is 9.18 Å². The van der Waals surface area contributed by atoms with Gasteiger partial charge in [0, 0.05) is 31.4 Å². The molecule has 1 amide bonds. The van der Waals surface area contributed by atoms with Crippen molar-refractivity contribution in [3.8, 4) is 0 Å². The van der Waals surface area contributed by atoms with Crippen LogP contribution in [-0.4, -0.2) is 35.4 Å². The maximum absolute atomic E-state index is 13.3. The minimum atomic E-state index is -0.229. The molecule has 1 aromatic carbocycles. The first kappa shape index (κ1) is 18.1. The van der Waals surface area contributed by atoms with Crippen LogP contribution in [0.2, 0.25) is 0 Å². The molecule has 1 unspecified atom stereocenters. The number of hydrogen-bond acceptors (Lipinski definition) is 3. The Kier molecular flexibility index (Phi) is 5.21. The van der Waals surface area contributed by atoms with Crippen LogP contribution in [0, 0.1) is 17.2 Å². The Morgan fingerprint density at radius 1 is 1.19 bits per heavy atom. The van der Waals surface area contributed by atoms with Crippen LogP contribution in [0.15, 0.2) is 48.8 Å². The highest BCUT2D eigenvalue weighted by atomic mass is 19.1. The van der Waals surface area contributed by atoms with E-state index in [1.165, 1.54) is 12.1 Å². The van der Waals surface area contributed by atoms with Gasteiger partial charge < -0.3 is 10.2 Å². The van der Waals surface area contributed by atoms with Crippen molar-refractivity contribution in [3.63, 3.8) is 0 Å². The van der Waals surface area contributed by atoms with Gasteiger partial charge in [-0.15, -0.1) is 0 Å². The fraction of sp³-hybridized carbons (Fsp3) is 0.455. The zero-order valence-corrected chi connectivity index (χ0v) is 15.5. The van der Waals surface area contributed by atoms with E-state index in [9.17, 15) is 9.18 Å². The molecule has 4 rings (SSSR count). The van der Waals surface area contributed by atoms with Crippen molar-refractivity contribution in [2.24, 2.45) is 11.3 Å². The molecule has 0 radical (unpaired) electrons. The van der Waals surface area contributed by atoms with Crippen LogP contribution in [0.1, 0.15) is 30.4 Å². The molecule has 27 heavy (non-hydrogen) atoms. The molecule has 2 fully saturated rings. The SMILES string of the molecule is O=C(C1CC12CCNCC2)N(CCc1ccc(F)cc1)Cc1cccnc1. The van der Waals surface area contributed by atoms with E-state index < -0.39 is 0 Å². The number of nitrogens with zero attached hydrogens (tertiary/aromatic N) is 2. The van der Waals surface area contributed by atoms with Gasteiger partial charge in [0.25, 0.3) is 0 Å². The molecule has 2 aromatic rings. The van der Waals surface area contributed by atoms with Gasteiger partial charge in [0.1, 0.15) is 5.82 Å². The summed E-state index contributed by atoms with van der Waals surface area (Å²) in [6.07, 6.45) is 7.52. The number of aromatic nitrogens is 1. The molecule has 2 aliphatic rings. The third kappa shape index (κ3) is 4.19. The fourth-order valence-electron chi connectivity index (χ4n) is 4.29. The lowest BCUT2D eigenvalue weighted by Crippen LogP contribution is -2.37. The number of hydrogen-bond donors (Lipinski definition) is 1. The molecule has 2 heterocycles. The van der Waals surface area contributed by atoms with Gasteiger partial charge in [-0.1, -0.05) is 18.2 Å². The zero-order chi connectivity index (χ0) is 18.7. The molecule has 1 saturated heterocycles. The Hall–Kier alpha value is -2.27. The first-order chi connectivity index (χ1) is 13.2. The van der Waals surface area contributed by atoms with Gasteiger partial charge in [-0.2, -0.15) is 0 Å². The molecule has 1 saturated carbocycles. The highest BCUT2D eigenvalue weighted by Crippen LogP contribution is 2.59. The molecule has 1 spiro atoms. The number of halogens is 1. The summed E-state index contributed by atoms with van der Waals surface area (Å²) in [5, 5.41) is 3.40. The van der Waals surface area contributed by atoms with Crippen LogP contribution in [0.3, 0.4) is 0 Å². The van der Waals surface area contributed by atoms with Crippen LogP contribution < -0.4 is 5.32 Å². The lowest BCUT2D eigenvalue weighted by molar-refractivity contribution is -0.134. The Labute approximate surface area is 159 Å². The molecule has 142 valence electrons. The number of carbonyl (C=O) groups is 1. The van der Waals surface area contributed by atoms with Crippen LogP contribution >= 0.6 is 0 Å². The molecule has 1 N–H and O–H groups in total. The molecule has 1 aliphatic carbocycles. The molecular formula is C22H26FN3O. The van der Waals surface area contributed by atoms with Gasteiger partial charge >= 0.3 is 0 Å². The average molecular weight is 367 g/mol. The molecule has 1 atom stereocenters. The normalized spacial score (nSPS) is 20.4. The maximum atomic E-state index is 13.3. The smallest absolute Gasteiger partial charge is 0.226 e. The van der Waals surface area contributed by atoms with Crippen molar-refractivity contribution in [2.45, 2.75) is 32.2 Å². The number of rotatable bonds is 6. The summed E-state index contributed by atoms with van der Waals surface area (Å²) in [5.74, 6) is 0.195. The zero-order valence-electron chi connectivity index (χ0n) is 15.5. The fourth-order valence-corrected chi connectivity index (χ4v) is 4.29. The lowest BCUT2D eigenvalue weighted by Gasteiger charge is -2.27. The topological polar surface area (TPSA) is 45.2 Å². The number of amides is 1. The van der Waals surface area contributed by atoms with E-state index in [2.05, 4.69) is 10.3 Å². The summed E-state index contributed by atoms with van der Waals surface area (Å²) in [6, 6.07) is 10.5. The molecular weight excluding hydrogens is 341 g/mol. The number of benzene rings is 1. The van der Waals surface area contributed by atoms with Gasteiger partial charge in [-0.05, 0) is 73.5 Å².